The summed E-state index contributed by atoms with van der Waals surface area (Å²) < 4.78 is 42.2. The first-order valence-corrected chi connectivity index (χ1v) is 11.9. The first kappa shape index (κ1) is 23.1. The topological polar surface area (TPSA) is 113 Å². The van der Waals surface area contributed by atoms with Gasteiger partial charge >= 0.3 is 0 Å². The summed E-state index contributed by atoms with van der Waals surface area (Å²) >= 11 is 0. The summed E-state index contributed by atoms with van der Waals surface area (Å²) in [5.41, 5.74) is 1.59. The van der Waals surface area contributed by atoms with Gasteiger partial charge in [-0.15, -0.1) is 0 Å². The standard InChI is InChI=1S/C24H21FN6O2S/c25-22-6-2-1-5-21(22)23-12-19(17-31(23)34(32,33)20-4-3-9-27-16-20)14-28-10-11-29-24-8-7-18(13-26)15-30-24/h1-9,12,15-17,28H,10-11,14H2,(H,29,30). The number of nitrogens with one attached hydrogen (secondary N) is 2. The van der Waals surface area contributed by atoms with Gasteiger partial charge in [-0.2, -0.15) is 5.26 Å². The molecule has 3 aromatic heterocycles. The second kappa shape index (κ2) is 10.2. The maximum Gasteiger partial charge on any atom is 0.269 e. The zero-order chi connectivity index (χ0) is 24.0. The molecule has 4 rings (SSSR count). The molecule has 4 aromatic rings. The Hall–Kier alpha value is -4.07. The lowest BCUT2D eigenvalue weighted by molar-refractivity contribution is 0.587. The Labute approximate surface area is 196 Å². The Morgan fingerprint density at radius 3 is 2.62 bits per heavy atom. The van der Waals surface area contributed by atoms with Crippen molar-refractivity contribution in [3.63, 3.8) is 0 Å². The minimum Gasteiger partial charge on any atom is -0.369 e. The molecule has 0 atom stereocenters. The third kappa shape index (κ3) is 5.11. The van der Waals surface area contributed by atoms with Gasteiger partial charge in [-0.05, 0) is 48.0 Å². The molecule has 0 bridgehead atoms. The van der Waals surface area contributed by atoms with Gasteiger partial charge < -0.3 is 10.6 Å². The summed E-state index contributed by atoms with van der Waals surface area (Å²) in [5.74, 6) is 0.137. The van der Waals surface area contributed by atoms with Crippen molar-refractivity contribution < 1.29 is 12.8 Å². The van der Waals surface area contributed by atoms with Gasteiger partial charge in [-0.25, -0.2) is 21.8 Å². The number of rotatable bonds is 9. The normalized spacial score (nSPS) is 11.2. The van der Waals surface area contributed by atoms with Gasteiger partial charge in [0.05, 0.1) is 11.3 Å². The number of halogens is 1. The van der Waals surface area contributed by atoms with Crippen LogP contribution >= 0.6 is 0 Å². The minimum absolute atomic E-state index is 0.0156. The highest BCUT2D eigenvalue weighted by molar-refractivity contribution is 7.90. The van der Waals surface area contributed by atoms with E-state index in [1.165, 1.54) is 43.0 Å². The van der Waals surface area contributed by atoms with Crippen LogP contribution in [0.5, 0.6) is 0 Å². The first-order valence-electron chi connectivity index (χ1n) is 10.4. The lowest BCUT2D eigenvalue weighted by Gasteiger charge is -2.11. The molecule has 34 heavy (non-hydrogen) atoms. The van der Waals surface area contributed by atoms with Crippen molar-refractivity contribution >= 4 is 15.8 Å². The molecule has 10 heteroatoms. The molecule has 8 nitrogen and oxygen atoms in total. The highest BCUT2D eigenvalue weighted by atomic mass is 32.2. The van der Waals surface area contributed by atoms with Crippen LogP contribution < -0.4 is 10.6 Å². The fraction of sp³-hybridized carbons (Fsp3) is 0.125. The SMILES string of the molecule is N#Cc1ccc(NCCNCc2cc(-c3ccccc3F)n(S(=O)(=O)c3cccnc3)c2)nc1. The summed E-state index contributed by atoms with van der Waals surface area (Å²) in [4.78, 5) is 8.06. The van der Waals surface area contributed by atoms with Crippen molar-refractivity contribution in [3.8, 4) is 17.3 Å². The van der Waals surface area contributed by atoms with E-state index in [2.05, 4.69) is 20.6 Å². The predicted molar refractivity (Wildman–Crippen MR) is 126 cm³/mol. The van der Waals surface area contributed by atoms with Crippen LogP contribution in [0.2, 0.25) is 0 Å². The maximum atomic E-state index is 14.5. The van der Waals surface area contributed by atoms with Crippen LogP contribution in [0, 0.1) is 17.1 Å². The Morgan fingerprint density at radius 1 is 1.06 bits per heavy atom. The van der Waals surface area contributed by atoms with E-state index in [-0.39, 0.29) is 16.2 Å². The van der Waals surface area contributed by atoms with Gasteiger partial charge in [0.2, 0.25) is 0 Å². The van der Waals surface area contributed by atoms with E-state index >= 15 is 0 Å². The van der Waals surface area contributed by atoms with E-state index in [1.54, 1.807) is 36.4 Å². The van der Waals surface area contributed by atoms with Crippen molar-refractivity contribution in [2.24, 2.45) is 0 Å². The number of benzene rings is 1. The quantitative estimate of drug-likeness (QED) is 0.356. The summed E-state index contributed by atoms with van der Waals surface area (Å²) in [6, 6.07) is 16.1. The number of aromatic nitrogens is 3. The van der Waals surface area contributed by atoms with E-state index in [1.807, 2.05) is 6.07 Å². The highest BCUT2D eigenvalue weighted by Crippen LogP contribution is 2.28. The molecule has 3 heterocycles. The number of hydrogen-bond donors (Lipinski definition) is 2. The maximum absolute atomic E-state index is 14.5. The zero-order valence-corrected chi connectivity index (χ0v) is 18.8. The Balaban J connectivity index is 1.50. The fourth-order valence-electron chi connectivity index (χ4n) is 3.35. The third-order valence-electron chi connectivity index (χ3n) is 5.01. The summed E-state index contributed by atoms with van der Waals surface area (Å²) in [7, 11) is -3.97. The smallest absolute Gasteiger partial charge is 0.269 e. The second-order valence-corrected chi connectivity index (χ2v) is 9.17. The van der Waals surface area contributed by atoms with Gasteiger partial charge in [-0.3, -0.25) is 4.98 Å². The van der Waals surface area contributed by atoms with Crippen LogP contribution in [-0.4, -0.2) is 35.4 Å². The second-order valence-electron chi connectivity index (χ2n) is 7.35. The molecule has 0 aliphatic carbocycles. The molecule has 0 fully saturated rings. The van der Waals surface area contributed by atoms with Crippen LogP contribution in [0.1, 0.15) is 11.1 Å². The lowest BCUT2D eigenvalue weighted by Crippen LogP contribution is -2.22. The molecule has 172 valence electrons. The molecule has 0 unspecified atom stereocenters. The molecule has 1 aromatic carbocycles. The molecule has 0 saturated heterocycles. The van der Waals surface area contributed by atoms with Gasteiger partial charge in [0.25, 0.3) is 10.0 Å². The number of nitrogens with zero attached hydrogens (tertiary/aromatic N) is 4. The van der Waals surface area contributed by atoms with E-state index < -0.39 is 15.8 Å². The zero-order valence-electron chi connectivity index (χ0n) is 18.0. The number of nitriles is 1. The lowest BCUT2D eigenvalue weighted by atomic mass is 10.1. The minimum atomic E-state index is -3.97. The van der Waals surface area contributed by atoms with Gasteiger partial charge in [-0.1, -0.05) is 12.1 Å². The van der Waals surface area contributed by atoms with Gasteiger partial charge in [0, 0.05) is 50.0 Å². The summed E-state index contributed by atoms with van der Waals surface area (Å²) in [5, 5.41) is 15.2. The Morgan fingerprint density at radius 2 is 1.91 bits per heavy atom. The van der Waals surface area contributed by atoms with Crippen LogP contribution in [0.4, 0.5) is 10.2 Å². The highest BCUT2D eigenvalue weighted by Gasteiger charge is 2.23. The molecule has 0 saturated carbocycles. The van der Waals surface area contributed by atoms with Crippen LogP contribution in [-0.2, 0) is 16.6 Å². The first-order chi connectivity index (χ1) is 16.5. The third-order valence-corrected chi connectivity index (χ3v) is 6.67. The predicted octanol–water partition coefficient (Wildman–Crippen LogP) is 3.39. The summed E-state index contributed by atoms with van der Waals surface area (Å²) in [6.45, 7) is 1.50. The van der Waals surface area contributed by atoms with Gasteiger partial charge in [0.15, 0.2) is 0 Å². The molecule has 0 spiro atoms. The molecule has 0 aliphatic heterocycles. The Kier molecular flexibility index (Phi) is 6.96. The molecule has 2 N–H and O–H groups in total. The van der Waals surface area contributed by atoms with Crippen LogP contribution in [0.15, 0.2) is 84.3 Å². The number of anilines is 1. The molecule has 0 radical (unpaired) electrons. The molecule has 0 amide bonds. The average molecular weight is 477 g/mol. The van der Waals surface area contributed by atoms with Crippen LogP contribution in [0.3, 0.4) is 0 Å². The fourth-order valence-corrected chi connectivity index (χ4v) is 4.70. The molecular weight excluding hydrogens is 455 g/mol. The van der Waals surface area contributed by atoms with Crippen LogP contribution in [0.25, 0.3) is 11.3 Å². The Bertz CT molecular complexity index is 1410. The van der Waals surface area contributed by atoms with E-state index in [0.29, 0.717) is 36.6 Å². The molecular formula is C24H21FN6O2S. The molecule has 0 aliphatic rings. The monoisotopic (exact) mass is 476 g/mol. The van der Waals surface area contributed by atoms with E-state index in [0.717, 1.165) is 3.97 Å². The van der Waals surface area contributed by atoms with Crippen molar-refractivity contribution in [1.29, 1.82) is 5.26 Å². The van der Waals surface area contributed by atoms with Crippen molar-refractivity contribution in [2.75, 3.05) is 18.4 Å². The van der Waals surface area contributed by atoms with Crippen molar-refractivity contribution in [2.45, 2.75) is 11.4 Å². The summed E-state index contributed by atoms with van der Waals surface area (Å²) in [6.07, 6.45) is 5.74. The largest absolute Gasteiger partial charge is 0.369 e. The van der Waals surface area contributed by atoms with Crippen molar-refractivity contribution in [3.05, 3.63) is 96.3 Å². The van der Waals surface area contributed by atoms with E-state index in [9.17, 15) is 12.8 Å². The number of pyridine rings is 2. The number of hydrogen-bond acceptors (Lipinski definition) is 7. The van der Waals surface area contributed by atoms with E-state index in [4.69, 9.17) is 5.26 Å². The average Bonchev–Trinajstić information content (AvgIpc) is 3.30. The van der Waals surface area contributed by atoms with Gasteiger partial charge in [0.1, 0.15) is 22.6 Å². The van der Waals surface area contributed by atoms with Crippen molar-refractivity contribution in [1.82, 2.24) is 19.3 Å².